The molecule has 4 nitrogen and oxygen atoms in total. The number of carbonyl (C=O) groups excluding carboxylic acids is 1. The van der Waals surface area contributed by atoms with Gasteiger partial charge >= 0.3 is 0 Å². The van der Waals surface area contributed by atoms with Gasteiger partial charge in [-0.05, 0) is 23.6 Å². The van der Waals surface area contributed by atoms with Crippen LogP contribution in [-0.2, 0) is 6.54 Å². The molecule has 0 radical (unpaired) electrons. The molecule has 0 saturated heterocycles. The number of aromatic nitrogens is 2. The van der Waals surface area contributed by atoms with Gasteiger partial charge in [0, 0.05) is 16.6 Å². The van der Waals surface area contributed by atoms with Crippen molar-refractivity contribution < 1.29 is 4.79 Å². The van der Waals surface area contributed by atoms with Crippen LogP contribution in [0.15, 0.2) is 84.4 Å². The summed E-state index contributed by atoms with van der Waals surface area (Å²) in [4.78, 5) is 13.9. The molecule has 0 aliphatic heterocycles. The van der Waals surface area contributed by atoms with Crippen LogP contribution in [0, 0.1) is 0 Å². The maximum absolute atomic E-state index is 12.8. The first-order chi connectivity index (χ1) is 12.8. The van der Waals surface area contributed by atoms with Gasteiger partial charge in [0.05, 0.1) is 17.8 Å². The van der Waals surface area contributed by atoms with Crippen LogP contribution < -0.4 is 5.32 Å². The van der Waals surface area contributed by atoms with Gasteiger partial charge in [0.15, 0.2) is 0 Å². The van der Waals surface area contributed by atoms with Crippen LogP contribution in [0.2, 0.25) is 0 Å². The lowest BCUT2D eigenvalue weighted by Gasteiger charge is -2.04. The fourth-order valence-electron chi connectivity index (χ4n) is 2.74. The van der Waals surface area contributed by atoms with Crippen molar-refractivity contribution in [3.8, 4) is 16.9 Å². The average molecular weight is 359 g/mol. The summed E-state index contributed by atoms with van der Waals surface area (Å²) in [7, 11) is 0. The van der Waals surface area contributed by atoms with Crippen molar-refractivity contribution in [3.63, 3.8) is 0 Å². The van der Waals surface area contributed by atoms with E-state index in [9.17, 15) is 4.79 Å². The van der Waals surface area contributed by atoms with E-state index in [0.29, 0.717) is 17.8 Å². The Morgan fingerprint density at radius 2 is 1.69 bits per heavy atom. The Morgan fingerprint density at radius 3 is 2.38 bits per heavy atom. The zero-order valence-electron chi connectivity index (χ0n) is 14.0. The maximum atomic E-state index is 12.8. The predicted octanol–water partition coefficient (Wildman–Crippen LogP) is 4.53. The molecule has 2 aromatic heterocycles. The minimum Gasteiger partial charge on any atom is -0.347 e. The number of benzene rings is 2. The summed E-state index contributed by atoms with van der Waals surface area (Å²) >= 11 is 1.63. The van der Waals surface area contributed by atoms with Crippen molar-refractivity contribution in [1.29, 1.82) is 0 Å². The van der Waals surface area contributed by atoms with Gasteiger partial charge < -0.3 is 5.32 Å². The maximum Gasteiger partial charge on any atom is 0.255 e. The number of para-hydroxylation sites is 1. The van der Waals surface area contributed by atoms with Crippen molar-refractivity contribution >= 4 is 17.2 Å². The number of hydrogen-bond donors (Lipinski definition) is 1. The van der Waals surface area contributed by atoms with E-state index < -0.39 is 0 Å². The Hall–Kier alpha value is -3.18. The van der Waals surface area contributed by atoms with E-state index in [1.807, 2.05) is 78.2 Å². The van der Waals surface area contributed by atoms with Gasteiger partial charge in [-0.15, -0.1) is 11.3 Å². The lowest BCUT2D eigenvalue weighted by molar-refractivity contribution is 0.0952. The van der Waals surface area contributed by atoms with Gasteiger partial charge in [0.25, 0.3) is 5.91 Å². The fraction of sp³-hybridized carbons (Fsp3) is 0.0476. The molecule has 4 rings (SSSR count). The predicted molar refractivity (Wildman–Crippen MR) is 104 cm³/mol. The number of hydrogen-bond acceptors (Lipinski definition) is 3. The first-order valence-corrected chi connectivity index (χ1v) is 9.20. The zero-order chi connectivity index (χ0) is 17.8. The van der Waals surface area contributed by atoms with E-state index in [-0.39, 0.29) is 5.91 Å². The molecule has 128 valence electrons. The molecule has 4 aromatic rings. The highest BCUT2D eigenvalue weighted by atomic mass is 32.1. The minimum atomic E-state index is -0.126. The van der Waals surface area contributed by atoms with E-state index in [1.54, 1.807) is 22.2 Å². The van der Waals surface area contributed by atoms with Crippen molar-refractivity contribution in [1.82, 2.24) is 15.1 Å². The number of thiophene rings is 1. The molecule has 0 saturated carbocycles. The second kappa shape index (κ2) is 7.37. The second-order valence-electron chi connectivity index (χ2n) is 5.80. The number of amides is 1. The Morgan fingerprint density at radius 1 is 0.962 bits per heavy atom. The molecule has 2 aromatic carbocycles. The molecular weight excluding hydrogens is 342 g/mol. The van der Waals surface area contributed by atoms with Gasteiger partial charge in [-0.25, -0.2) is 4.68 Å². The topological polar surface area (TPSA) is 46.9 Å². The largest absolute Gasteiger partial charge is 0.347 e. The van der Waals surface area contributed by atoms with Crippen LogP contribution in [-0.4, -0.2) is 15.7 Å². The molecule has 1 N–H and O–H groups in total. The quantitative estimate of drug-likeness (QED) is 0.569. The van der Waals surface area contributed by atoms with E-state index in [0.717, 1.165) is 16.1 Å². The summed E-state index contributed by atoms with van der Waals surface area (Å²) in [5.74, 6) is -0.126. The molecule has 0 bridgehead atoms. The third-order valence-electron chi connectivity index (χ3n) is 4.03. The van der Waals surface area contributed by atoms with Crippen molar-refractivity contribution in [2.45, 2.75) is 6.54 Å². The summed E-state index contributed by atoms with van der Waals surface area (Å²) in [6.07, 6.45) is 1.79. The number of nitrogens with one attached hydrogen (secondary N) is 1. The molecule has 0 aliphatic rings. The highest BCUT2D eigenvalue weighted by Crippen LogP contribution is 2.23. The van der Waals surface area contributed by atoms with Crippen LogP contribution in [0.4, 0.5) is 0 Å². The normalized spacial score (nSPS) is 10.6. The van der Waals surface area contributed by atoms with Crippen LogP contribution >= 0.6 is 11.3 Å². The first-order valence-electron chi connectivity index (χ1n) is 8.32. The van der Waals surface area contributed by atoms with E-state index >= 15 is 0 Å². The third-order valence-corrected chi connectivity index (χ3v) is 4.91. The summed E-state index contributed by atoms with van der Waals surface area (Å²) in [5.41, 5.74) is 3.08. The van der Waals surface area contributed by atoms with Gasteiger partial charge in [0.2, 0.25) is 0 Å². The van der Waals surface area contributed by atoms with Gasteiger partial charge in [-0.1, -0.05) is 54.6 Å². The molecule has 2 heterocycles. The molecule has 0 spiro atoms. The van der Waals surface area contributed by atoms with Crippen molar-refractivity contribution in [3.05, 3.63) is 94.8 Å². The summed E-state index contributed by atoms with van der Waals surface area (Å²) in [5, 5.41) is 9.67. The SMILES string of the molecule is O=C(NCc1cccs1)c1cn(-c2ccccc2)nc1-c1ccccc1. The summed E-state index contributed by atoms with van der Waals surface area (Å²) in [6, 6.07) is 23.6. The highest BCUT2D eigenvalue weighted by Gasteiger charge is 2.18. The Bertz CT molecular complexity index is 992. The summed E-state index contributed by atoms with van der Waals surface area (Å²) in [6.45, 7) is 0.515. The Balaban J connectivity index is 1.69. The standard InChI is InChI=1S/C21H17N3OS/c25-21(22-14-18-12-7-13-26-18)19-15-24(17-10-5-2-6-11-17)23-20(19)16-8-3-1-4-9-16/h1-13,15H,14H2,(H,22,25). The Kier molecular flexibility index (Phi) is 4.62. The van der Waals surface area contributed by atoms with Crippen LogP contribution in [0.1, 0.15) is 15.2 Å². The smallest absolute Gasteiger partial charge is 0.255 e. The van der Waals surface area contributed by atoms with Crippen LogP contribution in [0.5, 0.6) is 0 Å². The first kappa shape index (κ1) is 16.3. The van der Waals surface area contributed by atoms with E-state index in [2.05, 4.69) is 10.4 Å². The van der Waals surface area contributed by atoms with Crippen molar-refractivity contribution in [2.24, 2.45) is 0 Å². The molecule has 0 unspecified atom stereocenters. The average Bonchev–Trinajstić information content (AvgIpc) is 3.37. The molecule has 26 heavy (non-hydrogen) atoms. The molecule has 1 amide bonds. The zero-order valence-corrected chi connectivity index (χ0v) is 14.8. The number of nitrogens with zero attached hydrogens (tertiary/aromatic N) is 2. The van der Waals surface area contributed by atoms with Crippen LogP contribution in [0.25, 0.3) is 16.9 Å². The second-order valence-corrected chi connectivity index (χ2v) is 6.83. The monoisotopic (exact) mass is 359 g/mol. The minimum absolute atomic E-state index is 0.126. The lowest BCUT2D eigenvalue weighted by Crippen LogP contribution is -2.22. The van der Waals surface area contributed by atoms with E-state index in [4.69, 9.17) is 0 Å². The lowest BCUT2D eigenvalue weighted by atomic mass is 10.1. The van der Waals surface area contributed by atoms with E-state index in [1.165, 1.54) is 0 Å². The van der Waals surface area contributed by atoms with Gasteiger partial charge in [-0.2, -0.15) is 5.10 Å². The molecular formula is C21H17N3OS. The molecule has 0 fully saturated rings. The van der Waals surface area contributed by atoms with Gasteiger partial charge in [0.1, 0.15) is 5.69 Å². The highest BCUT2D eigenvalue weighted by molar-refractivity contribution is 7.09. The van der Waals surface area contributed by atoms with Crippen LogP contribution in [0.3, 0.4) is 0 Å². The van der Waals surface area contributed by atoms with Crippen molar-refractivity contribution in [2.75, 3.05) is 0 Å². The summed E-state index contributed by atoms with van der Waals surface area (Å²) < 4.78 is 1.75. The fourth-order valence-corrected chi connectivity index (χ4v) is 3.38. The molecule has 0 atom stereocenters. The number of carbonyl (C=O) groups is 1. The molecule has 0 aliphatic carbocycles. The molecule has 5 heteroatoms. The third kappa shape index (κ3) is 3.43. The van der Waals surface area contributed by atoms with Gasteiger partial charge in [-0.3, -0.25) is 4.79 Å². The number of rotatable bonds is 5. The Labute approximate surface area is 155 Å².